The van der Waals surface area contributed by atoms with Crippen molar-refractivity contribution in [3.63, 3.8) is 0 Å². The predicted octanol–water partition coefficient (Wildman–Crippen LogP) is 0.0423. The molecule has 0 aliphatic heterocycles. The van der Waals surface area contributed by atoms with Crippen LogP contribution in [0.15, 0.2) is 5.16 Å². The van der Waals surface area contributed by atoms with E-state index >= 15 is 0 Å². The summed E-state index contributed by atoms with van der Waals surface area (Å²) in [5.41, 5.74) is 9.79. The first-order valence-electron chi connectivity index (χ1n) is 3.00. The standard InChI is InChI=1S/C5H5ClN4O2S/c6-3-1(9-5(8)13-3)2(10-12)4(7)11/h12H,(H2,7,11)(H2,8,9). The molecule has 0 aliphatic carbocycles. The van der Waals surface area contributed by atoms with Crippen molar-refractivity contribution >= 4 is 39.7 Å². The van der Waals surface area contributed by atoms with Crippen LogP contribution in [0.25, 0.3) is 0 Å². The highest BCUT2D eigenvalue weighted by molar-refractivity contribution is 7.19. The Balaban J connectivity index is 3.20. The van der Waals surface area contributed by atoms with Crippen molar-refractivity contribution in [2.24, 2.45) is 10.9 Å². The van der Waals surface area contributed by atoms with Crippen molar-refractivity contribution in [2.75, 3.05) is 5.73 Å². The lowest BCUT2D eigenvalue weighted by Crippen LogP contribution is -2.24. The van der Waals surface area contributed by atoms with E-state index in [4.69, 9.17) is 28.3 Å². The zero-order chi connectivity index (χ0) is 10.0. The Morgan fingerprint density at radius 2 is 2.31 bits per heavy atom. The van der Waals surface area contributed by atoms with E-state index in [1.807, 2.05) is 0 Å². The van der Waals surface area contributed by atoms with Gasteiger partial charge in [-0.2, -0.15) is 0 Å². The summed E-state index contributed by atoms with van der Waals surface area (Å²) in [4.78, 5) is 14.4. The molecule has 1 aromatic rings. The second kappa shape index (κ2) is 3.58. The number of nitrogen functional groups attached to an aromatic ring is 1. The molecule has 0 unspecified atom stereocenters. The zero-order valence-electron chi connectivity index (χ0n) is 6.19. The number of rotatable bonds is 2. The van der Waals surface area contributed by atoms with Gasteiger partial charge in [0.25, 0.3) is 5.91 Å². The zero-order valence-corrected chi connectivity index (χ0v) is 7.76. The van der Waals surface area contributed by atoms with E-state index in [-0.39, 0.29) is 15.2 Å². The number of carbonyl (C=O) groups is 1. The Morgan fingerprint density at radius 3 is 2.62 bits per heavy atom. The van der Waals surface area contributed by atoms with E-state index < -0.39 is 11.6 Å². The summed E-state index contributed by atoms with van der Waals surface area (Å²) < 4.78 is 0.157. The van der Waals surface area contributed by atoms with Gasteiger partial charge in [-0.05, 0) is 0 Å². The first kappa shape index (κ1) is 9.75. The average Bonchev–Trinajstić information content (AvgIpc) is 2.31. The van der Waals surface area contributed by atoms with Crippen LogP contribution in [0.4, 0.5) is 5.13 Å². The highest BCUT2D eigenvalue weighted by Crippen LogP contribution is 2.26. The summed E-state index contributed by atoms with van der Waals surface area (Å²) in [6, 6.07) is 0. The van der Waals surface area contributed by atoms with Crippen molar-refractivity contribution in [2.45, 2.75) is 0 Å². The third kappa shape index (κ3) is 1.87. The Bertz CT molecular complexity index is 375. The van der Waals surface area contributed by atoms with Gasteiger partial charge in [-0.15, -0.1) is 0 Å². The molecular formula is C5H5ClN4O2S. The fourth-order valence-electron chi connectivity index (χ4n) is 0.676. The van der Waals surface area contributed by atoms with Crippen LogP contribution >= 0.6 is 22.9 Å². The first-order chi connectivity index (χ1) is 6.06. The number of oxime groups is 1. The maximum atomic E-state index is 10.7. The molecule has 13 heavy (non-hydrogen) atoms. The number of aromatic nitrogens is 1. The van der Waals surface area contributed by atoms with E-state index in [1.165, 1.54) is 0 Å². The number of halogens is 1. The number of thiazole rings is 1. The second-order valence-corrected chi connectivity index (χ2v) is 3.62. The molecule has 6 nitrogen and oxygen atoms in total. The average molecular weight is 221 g/mol. The normalized spacial score (nSPS) is 11.6. The molecule has 0 saturated heterocycles. The summed E-state index contributed by atoms with van der Waals surface area (Å²) in [6.07, 6.45) is 0. The van der Waals surface area contributed by atoms with Crippen LogP contribution in [-0.4, -0.2) is 21.8 Å². The number of anilines is 1. The van der Waals surface area contributed by atoms with Crippen LogP contribution in [0.2, 0.25) is 4.34 Å². The third-order valence-corrected chi connectivity index (χ3v) is 2.24. The van der Waals surface area contributed by atoms with E-state index in [0.717, 1.165) is 11.3 Å². The molecule has 0 spiro atoms. The molecule has 1 aromatic heterocycles. The van der Waals surface area contributed by atoms with Crippen LogP contribution in [0.5, 0.6) is 0 Å². The summed E-state index contributed by atoms with van der Waals surface area (Å²) in [5, 5.41) is 11.3. The van der Waals surface area contributed by atoms with Crippen molar-refractivity contribution in [3.8, 4) is 0 Å². The van der Waals surface area contributed by atoms with Crippen LogP contribution in [-0.2, 0) is 4.79 Å². The molecule has 0 aliphatic rings. The largest absolute Gasteiger partial charge is 0.410 e. The van der Waals surface area contributed by atoms with Gasteiger partial charge in [-0.25, -0.2) is 4.98 Å². The van der Waals surface area contributed by atoms with Crippen LogP contribution in [0, 0.1) is 0 Å². The SMILES string of the molecule is NC(=O)C(=NO)c1nc(N)sc1Cl. The van der Waals surface area contributed by atoms with Crippen molar-refractivity contribution < 1.29 is 10.0 Å². The molecule has 0 aromatic carbocycles. The summed E-state index contributed by atoms with van der Waals surface area (Å²) in [5.74, 6) is -0.922. The Kier molecular flexibility index (Phi) is 2.69. The van der Waals surface area contributed by atoms with Crippen LogP contribution in [0.1, 0.15) is 5.69 Å². The first-order valence-corrected chi connectivity index (χ1v) is 4.19. The number of nitrogens with two attached hydrogens (primary N) is 2. The maximum absolute atomic E-state index is 10.7. The van der Waals surface area contributed by atoms with E-state index in [1.54, 1.807) is 0 Å². The van der Waals surface area contributed by atoms with Crippen molar-refractivity contribution in [3.05, 3.63) is 10.0 Å². The number of nitrogens with zero attached hydrogens (tertiary/aromatic N) is 2. The predicted molar refractivity (Wildman–Crippen MR) is 49.1 cm³/mol. The minimum absolute atomic E-state index is 0.000772. The van der Waals surface area contributed by atoms with E-state index in [0.29, 0.717) is 0 Å². The summed E-state index contributed by atoms with van der Waals surface area (Å²) in [7, 11) is 0. The quantitative estimate of drug-likeness (QED) is 0.371. The number of hydrogen-bond donors (Lipinski definition) is 3. The van der Waals surface area contributed by atoms with Gasteiger partial charge in [0, 0.05) is 0 Å². The van der Waals surface area contributed by atoms with E-state index in [2.05, 4.69) is 10.1 Å². The summed E-state index contributed by atoms with van der Waals surface area (Å²) >= 11 is 6.60. The number of carbonyl (C=O) groups excluding carboxylic acids is 1. The van der Waals surface area contributed by atoms with Gasteiger partial charge in [0.05, 0.1) is 0 Å². The van der Waals surface area contributed by atoms with Gasteiger partial charge in [0.1, 0.15) is 10.0 Å². The molecule has 0 atom stereocenters. The fourth-order valence-corrected chi connectivity index (χ4v) is 1.60. The van der Waals surface area contributed by atoms with Crippen molar-refractivity contribution in [1.82, 2.24) is 4.98 Å². The second-order valence-electron chi connectivity index (χ2n) is 1.99. The molecule has 0 fully saturated rings. The minimum Gasteiger partial charge on any atom is -0.410 e. The van der Waals surface area contributed by atoms with Gasteiger partial charge in [0.15, 0.2) is 10.8 Å². The Morgan fingerprint density at radius 1 is 1.69 bits per heavy atom. The van der Waals surface area contributed by atoms with Gasteiger partial charge in [0.2, 0.25) is 0 Å². The topological polar surface area (TPSA) is 115 Å². The van der Waals surface area contributed by atoms with Crippen molar-refractivity contribution in [1.29, 1.82) is 0 Å². The Hall–Kier alpha value is -1.34. The van der Waals surface area contributed by atoms with Gasteiger partial charge >= 0.3 is 0 Å². The van der Waals surface area contributed by atoms with Gasteiger partial charge in [-0.1, -0.05) is 28.1 Å². The molecule has 1 rings (SSSR count). The maximum Gasteiger partial charge on any atom is 0.273 e. The minimum atomic E-state index is -0.922. The fraction of sp³-hybridized carbons (Fsp3) is 0. The number of primary amides is 1. The molecule has 8 heteroatoms. The Labute approximate surface area is 81.8 Å². The molecule has 5 N–H and O–H groups in total. The molecule has 1 heterocycles. The molecular weight excluding hydrogens is 216 g/mol. The smallest absolute Gasteiger partial charge is 0.273 e. The number of hydrogen-bond acceptors (Lipinski definition) is 6. The molecule has 1 amide bonds. The molecule has 0 radical (unpaired) electrons. The molecule has 0 bridgehead atoms. The summed E-state index contributed by atoms with van der Waals surface area (Å²) in [6.45, 7) is 0. The highest BCUT2D eigenvalue weighted by Gasteiger charge is 2.19. The van der Waals surface area contributed by atoms with Gasteiger partial charge in [-0.3, -0.25) is 4.79 Å². The monoisotopic (exact) mass is 220 g/mol. The lowest BCUT2D eigenvalue weighted by molar-refractivity contribution is -0.112. The van der Waals surface area contributed by atoms with E-state index in [9.17, 15) is 4.79 Å². The van der Waals surface area contributed by atoms with Crippen LogP contribution in [0.3, 0.4) is 0 Å². The number of amides is 1. The lowest BCUT2D eigenvalue weighted by atomic mass is 10.3. The van der Waals surface area contributed by atoms with Crippen LogP contribution < -0.4 is 11.5 Å². The molecule has 0 saturated carbocycles. The van der Waals surface area contributed by atoms with Gasteiger partial charge < -0.3 is 16.7 Å². The highest BCUT2D eigenvalue weighted by atomic mass is 35.5. The molecule has 70 valence electrons. The third-order valence-electron chi connectivity index (χ3n) is 1.16. The lowest BCUT2D eigenvalue weighted by Gasteiger charge is -1.94.